The molecule has 94 valence electrons. The van der Waals surface area contributed by atoms with E-state index in [-0.39, 0.29) is 11.1 Å². The van der Waals surface area contributed by atoms with Crippen LogP contribution in [0.25, 0.3) is 0 Å². The Morgan fingerprint density at radius 1 is 1.39 bits per heavy atom. The van der Waals surface area contributed by atoms with Crippen LogP contribution in [0.15, 0.2) is 24.3 Å². The van der Waals surface area contributed by atoms with Crippen LogP contribution in [0.2, 0.25) is 0 Å². The van der Waals surface area contributed by atoms with Crippen LogP contribution in [0, 0.1) is 11.8 Å². The van der Waals surface area contributed by atoms with Crippen molar-refractivity contribution < 1.29 is 14.3 Å². The highest BCUT2D eigenvalue weighted by Gasteiger charge is 2.03. The van der Waals surface area contributed by atoms with E-state index in [0.29, 0.717) is 17.7 Å². The fourth-order valence-electron chi connectivity index (χ4n) is 1.25. The molecule has 0 radical (unpaired) electrons. The van der Waals surface area contributed by atoms with Gasteiger partial charge in [-0.05, 0) is 18.2 Å². The molecule has 0 heterocycles. The van der Waals surface area contributed by atoms with Crippen LogP contribution < -0.4 is 0 Å². The molecule has 0 fully saturated rings. The fourth-order valence-corrected chi connectivity index (χ4v) is 1.74. The van der Waals surface area contributed by atoms with Crippen molar-refractivity contribution in [2.24, 2.45) is 0 Å². The third-order valence-electron chi connectivity index (χ3n) is 2.05. The molecule has 0 atom stereocenters. The summed E-state index contributed by atoms with van der Waals surface area (Å²) >= 11 is 1.26. The van der Waals surface area contributed by atoms with Crippen LogP contribution in [0.3, 0.4) is 0 Å². The summed E-state index contributed by atoms with van der Waals surface area (Å²) in [5, 5.41) is 0.101. The minimum atomic E-state index is -0.370. The third-order valence-corrected chi connectivity index (χ3v) is 2.86. The molecule has 1 rings (SSSR count). The van der Waals surface area contributed by atoms with Crippen molar-refractivity contribution >= 4 is 22.8 Å². The monoisotopic (exact) mass is 262 g/mol. The van der Waals surface area contributed by atoms with Crippen molar-refractivity contribution in [1.29, 1.82) is 0 Å². The maximum absolute atomic E-state index is 11.3. The second-order valence-corrected chi connectivity index (χ2v) is 4.74. The van der Waals surface area contributed by atoms with Crippen molar-refractivity contribution in [3.8, 4) is 11.8 Å². The number of benzene rings is 1. The number of carbonyl (C=O) groups is 2. The molecule has 0 amide bonds. The van der Waals surface area contributed by atoms with Crippen LogP contribution in [0.1, 0.15) is 29.3 Å². The average molecular weight is 262 g/mol. The number of rotatable bonds is 3. The van der Waals surface area contributed by atoms with Crippen LogP contribution >= 0.6 is 11.8 Å². The maximum atomic E-state index is 11.3. The Balaban J connectivity index is 2.59. The van der Waals surface area contributed by atoms with Crippen LogP contribution in [-0.4, -0.2) is 23.9 Å². The lowest BCUT2D eigenvalue weighted by Crippen LogP contribution is -2.00. The zero-order chi connectivity index (χ0) is 13.4. The molecule has 0 aliphatic carbocycles. The lowest BCUT2D eigenvalue weighted by atomic mass is 10.1. The molecule has 0 bridgehead atoms. The SMILES string of the molecule is COC(=O)c1cccc(C#CCCSC(C)=O)c1. The quantitative estimate of drug-likeness (QED) is 0.477. The largest absolute Gasteiger partial charge is 0.465 e. The molecule has 0 aliphatic rings. The van der Waals surface area contributed by atoms with E-state index < -0.39 is 0 Å². The van der Waals surface area contributed by atoms with E-state index in [0.717, 1.165) is 5.56 Å². The molecule has 18 heavy (non-hydrogen) atoms. The summed E-state index contributed by atoms with van der Waals surface area (Å²) in [5.41, 5.74) is 1.26. The van der Waals surface area contributed by atoms with Gasteiger partial charge in [-0.3, -0.25) is 4.79 Å². The minimum Gasteiger partial charge on any atom is -0.465 e. The molecule has 0 aromatic heterocycles. The zero-order valence-corrected chi connectivity index (χ0v) is 11.2. The summed E-state index contributed by atoms with van der Waals surface area (Å²) < 4.78 is 4.63. The molecule has 0 N–H and O–H groups in total. The lowest BCUT2D eigenvalue weighted by Gasteiger charge is -1.98. The fraction of sp³-hybridized carbons (Fsp3) is 0.286. The van der Waals surface area contributed by atoms with E-state index in [9.17, 15) is 9.59 Å². The second-order valence-electron chi connectivity index (χ2n) is 3.46. The topological polar surface area (TPSA) is 43.4 Å². The number of thioether (sulfide) groups is 1. The Kier molecular flexibility index (Phi) is 6.03. The van der Waals surface area contributed by atoms with Crippen molar-refractivity contribution in [3.63, 3.8) is 0 Å². The Morgan fingerprint density at radius 3 is 2.83 bits per heavy atom. The molecule has 1 aromatic rings. The summed E-state index contributed by atoms with van der Waals surface area (Å²) in [7, 11) is 1.35. The first-order valence-electron chi connectivity index (χ1n) is 5.44. The van der Waals surface area contributed by atoms with E-state index in [4.69, 9.17) is 0 Å². The summed E-state index contributed by atoms with van der Waals surface area (Å²) in [6.07, 6.45) is 0.646. The van der Waals surface area contributed by atoms with Crippen LogP contribution in [0.4, 0.5) is 0 Å². The Hall–Kier alpha value is -1.73. The molecule has 0 saturated heterocycles. The van der Waals surface area contributed by atoms with E-state index in [1.807, 2.05) is 6.07 Å². The van der Waals surface area contributed by atoms with Crippen molar-refractivity contribution in [3.05, 3.63) is 35.4 Å². The predicted octanol–water partition coefficient (Wildman–Crippen LogP) is 2.49. The Bertz CT molecular complexity index is 497. The van der Waals surface area contributed by atoms with Gasteiger partial charge in [-0.1, -0.05) is 29.7 Å². The highest BCUT2D eigenvalue weighted by molar-refractivity contribution is 8.13. The normalized spacial score (nSPS) is 9.22. The third kappa shape index (κ3) is 5.07. The number of methoxy groups -OCH3 is 1. The summed E-state index contributed by atoms with van der Waals surface area (Å²) in [5.74, 6) is 6.25. The zero-order valence-electron chi connectivity index (χ0n) is 10.4. The number of hydrogen-bond donors (Lipinski definition) is 0. The smallest absolute Gasteiger partial charge is 0.337 e. The molecule has 0 aliphatic heterocycles. The van der Waals surface area contributed by atoms with Gasteiger partial charge in [0, 0.05) is 24.7 Å². The Morgan fingerprint density at radius 2 is 2.17 bits per heavy atom. The van der Waals surface area contributed by atoms with E-state index in [2.05, 4.69) is 16.6 Å². The van der Waals surface area contributed by atoms with Gasteiger partial charge in [-0.2, -0.15) is 0 Å². The molecule has 0 saturated carbocycles. The van der Waals surface area contributed by atoms with Crippen molar-refractivity contribution in [2.75, 3.05) is 12.9 Å². The molecule has 1 aromatic carbocycles. The van der Waals surface area contributed by atoms with E-state index in [1.54, 1.807) is 18.2 Å². The van der Waals surface area contributed by atoms with Gasteiger partial charge in [-0.15, -0.1) is 0 Å². The summed E-state index contributed by atoms with van der Waals surface area (Å²) in [4.78, 5) is 22.0. The first kappa shape index (κ1) is 14.3. The summed E-state index contributed by atoms with van der Waals surface area (Å²) in [6.45, 7) is 1.54. The number of esters is 1. The predicted molar refractivity (Wildman–Crippen MR) is 72.4 cm³/mol. The van der Waals surface area contributed by atoms with Gasteiger partial charge in [0.15, 0.2) is 5.12 Å². The highest BCUT2D eigenvalue weighted by Crippen LogP contribution is 2.06. The van der Waals surface area contributed by atoms with Crippen LogP contribution in [0.5, 0.6) is 0 Å². The van der Waals surface area contributed by atoms with Gasteiger partial charge in [0.25, 0.3) is 0 Å². The van der Waals surface area contributed by atoms with Gasteiger partial charge in [0.1, 0.15) is 0 Å². The minimum absolute atomic E-state index is 0.101. The average Bonchev–Trinajstić information content (AvgIpc) is 2.37. The number of hydrogen-bond acceptors (Lipinski definition) is 4. The molecule has 0 spiro atoms. The van der Waals surface area contributed by atoms with Gasteiger partial charge < -0.3 is 4.74 Å². The maximum Gasteiger partial charge on any atom is 0.337 e. The van der Waals surface area contributed by atoms with Gasteiger partial charge in [0.2, 0.25) is 0 Å². The van der Waals surface area contributed by atoms with Crippen molar-refractivity contribution in [1.82, 2.24) is 0 Å². The molecular weight excluding hydrogens is 248 g/mol. The molecule has 4 heteroatoms. The number of ether oxygens (including phenoxy) is 1. The van der Waals surface area contributed by atoms with Crippen LogP contribution in [-0.2, 0) is 9.53 Å². The van der Waals surface area contributed by atoms with Crippen molar-refractivity contribution in [2.45, 2.75) is 13.3 Å². The van der Waals surface area contributed by atoms with Gasteiger partial charge >= 0.3 is 5.97 Å². The van der Waals surface area contributed by atoms with E-state index in [1.165, 1.54) is 25.8 Å². The highest BCUT2D eigenvalue weighted by atomic mass is 32.2. The summed E-state index contributed by atoms with van der Waals surface area (Å²) in [6, 6.07) is 6.97. The second kappa shape index (κ2) is 7.57. The van der Waals surface area contributed by atoms with E-state index >= 15 is 0 Å². The standard InChI is InChI=1S/C14H14O3S/c1-11(15)18-9-4-3-6-12-7-5-8-13(10-12)14(16)17-2/h5,7-8,10H,4,9H2,1-2H3. The molecule has 0 unspecified atom stereocenters. The first-order valence-corrected chi connectivity index (χ1v) is 6.42. The lowest BCUT2D eigenvalue weighted by molar-refractivity contribution is -0.109. The number of carbonyl (C=O) groups excluding carboxylic acids is 2. The molecule has 3 nitrogen and oxygen atoms in total. The first-order chi connectivity index (χ1) is 8.63. The van der Waals surface area contributed by atoms with Gasteiger partial charge in [0.05, 0.1) is 12.7 Å². The van der Waals surface area contributed by atoms with Gasteiger partial charge in [-0.25, -0.2) is 4.79 Å². The molecular formula is C14H14O3S. The Labute approximate surface area is 111 Å².